The summed E-state index contributed by atoms with van der Waals surface area (Å²) in [6.45, 7) is 2.72. The summed E-state index contributed by atoms with van der Waals surface area (Å²) in [5.74, 6) is -2.61. The number of rotatable bonds is 6. The first-order valence-electron chi connectivity index (χ1n) is 9.85. The van der Waals surface area contributed by atoms with Gasteiger partial charge < -0.3 is 15.2 Å². The Morgan fingerprint density at radius 1 is 1.18 bits per heavy atom. The molecule has 0 saturated heterocycles. The molecule has 2 N–H and O–H groups in total. The van der Waals surface area contributed by atoms with Crippen LogP contribution in [-0.4, -0.2) is 47.4 Å². The number of amides is 1. The molecule has 0 spiro atoms. The predicted molar refractivity (Wildman–Crippen MR) is 110 cm³/mol. The van der Waals surface area contributed by atoms with Crippen molar-refractivity contribution in [1.29, 1.82) is 0 Å². The van der Waals surface area contributed by atoms with Crippen LogP contribution in [0.15, 0.2) is 55.1 Å². The zero-order valence-electron chi connectivity index (χ0n) is 17.8. The third-order valence-corrected chi connectivity index (χ3v) is 4.83. The van der Waals surface area contributed by atoms with Crippen molar-refractivity contribution in [2.45, 2.75) is 31.9 Å². The minimum atomic E-state index is -5.07. The fraction of sp³-hybridized carbons (Fsp3) is 0.238. The molecule has 0 bridgehead atoms. The van der Waals surface area contributed by atoms with E-state index in [1.807, 2.05) is 0 Å². The van der Waals surface area contributed by atoms with Crippen molar-refractivity contribution < 1.29 is 32.2 Å². The van der Waals surface area contributed by atoms with Crippen molar-refractivity contribution in [2.24, 2.45) is 0 Å². The minimum Gasteiger partial charge on any atom is -0.403 e. The average Bonchev–Trinajstić information content (AvgIpc) is 3.41. The lowest BCUT2D eigenvalue weighted by Crippen LogP contribution is -2.42. The number of carbonyl (C=O) groups is 1. The third-order valence-electron chi connectivity index (χ3n) is 4.83. The molecule has 1 atom stereocenters. The Morgan fingerprint density at radius 2 is 1.94 bits per heavy atom. The number of alkyl halides is 3. The highest BCUT2D eigenvalue weighted by Crippen LogP contribution is 2.31. The van der Waals surface area contributed by atoms with Crippen molar-refractivity contribution >= 4 is 11.6 Å². The van der Waals surface area contributed by atoms with Crippen LogP contribution < -0.4 is 10.1 Å². The second-order valence-corrected chi connectivity index (χ2v) is 7.86. The molecule has 34 heavy (non-hydrogen) atoms. The molecule has 4 rings (SSSR count). The van der Waals surface area contributed by atoms with E-state index >= 15 is 0 Å². The number of ether oxygens (including phenoxy) is 1. The van der Waals surface area contributed by atoms with Crippen molar-refractivity contribution in [3.05, 3.63) is 72.1 Å². The Balaban J connectivity index is 1.65. The first kappa shape index (κ1) is 23.2. The van der Waals surface area contributed by atoms with Gasteiger partial charge in [-0.05, 0) is 37.6 Å². The van der Waals surface area contributed by atoms with Gasteiger partial charge in [-0.3, -0.25) is 4.79 Å². The van der Waals surface area contributed by atoms with Gasteiger partial charge in [0.05, 0.1) is 17.8 Å². The third kappa shape index (κ3) is 4.83. The van der Waals surface area contributed by atoms with E-state index in [2.05, 4.69) is 25.2 Å². The first-order chi connectivity index (χ1) is 15.9. The largest absolute Gasteiger partial charge is 0.573 e. The van der Waals surface area contributed by atoms with Crippen molar-refractivity contribution in [3.63, 3.8) is 0 Å². The normalized spacial score (nSPS) is 13.1. The lowest BCUT2D eigenvalue weighted by Gasteiger charge is -2.30. The minimum absolute atomic E-state index is 0.0227. The zero-order valence-corrected chi connectivity index (χ0v) is 17.8. The van der Waals surface area contributed by atoms with Crippen molar-refractivity contribution in [1.82, 2.24) is 29.7 Å². The molecule has 1 aromatic carbocycles. The number of fused-ring (bicyclic) bond motifs is 1. The number of nitrogens with zero attached hydrogens (tertiary/aromatic N) is 5. The van der Waals surface area contributed by atoms with Gasteiger partial charge in [0.15, 0.2) is 23.0 Å². The number of benzene rings is 1. The molecule has 1 amide bonds. The van der Waals surface area contributed by atoms with E-state index in [0.717, 1.165) is 18.2 Å². The fourth-order valence-corrected chi connectivity index (χ4v) is 3.33. The highest BCUT2D eigenvalue weighted by atomic mass is 19.4. The van der Waals surface area contributed by atoms with Gasteiger partial charge in [-0.25, -0.2) is 18.6 Å². The quantitative estimate of drug-likeness (QED) is 0.413. The molecule has 4 aromatic rings. The zero-order chi connectivity index (χ0) is 24.7. The molecule has 0 aliphatic rings. The summed E-state index contributed by atoms with van der Waals surface area (Å²) in [6, 6.07) is 4.80. The number of halogens is 4. The van der Waals surface area contributed by atoms with Crippen molar-refractivity contribution in [2.75, 3.05) is 0 Å². The maximum Gasteiger partial charge on any atom is 0.573 e. The van der Waals surface area contributed by atoms with E-state index in [4.69, 9.17) is 0 Å². The number of carbonyl (C=O) groups excluding carboxylic acids is 1. The van der Waals surface area contributed by atoms with E-state index in [9.17, 15) is 27.5 Å². The average molecular weight is 478 g/mol. The summed E-state index contributed by atoms with van der Waals surface area (Å²) in [5, 5.41) is 21.4. The molecular weight excluding hydrogens is 460 g/mol. The second-order valence-electron chi connectivity index (χ2n) is 7.86. The van der Waals surface area contributed by atoms with E-state index in [1.165, 1.54) is 29.2 Å². The molecule has 3 heterocycles. The Labute approximate surface area is 189 Å². The van der Waals surface area contributed by atoms with Crippen LogP contribution in [0.5, 0.6) is 5.75 Å². The summed E-state index contributed by atoms with van der Waals surface area (Å²) >= 11 is 0. The number of hydrogen-bond acceptors (Lipinski definition) is 6. The van der Waals surface area contributed by atoms with Crippen LogP contribution in [0.4, 0.5) is 17.6 Å². The fourth-order valence-electron chi connectivity index (χ4n) is 3.33. The monoisotopic (exact) mass is 478 g/mol. The topological polar surface area (TPSA) is 107 Å². The SMILES string of the molecule is CC(C)(O)[C@@H](NC(=O)c1cnn2ccc(-n3cccn3)nc12)c1ccc(OC(F)(F)F)c(F)c1. The molecule has 9 nitrogen and oxygen atoms in total. The van der Waals surface area contributed by atoms with Crippen LogP contribution in [0.25, 0.3) is 11.5 Å². The summed E-state index contributed by atoms with van der Waals surface area (Å²) < 4.78 is 58.1. The molecule has 0 aliphatic heterocycles. The van der Waals surface area contributed by atoms with Gasteiger partial charge in [0.1, 0.15) is 5.56 Å². The molecule has 0 radical (unpaired) electrons. The van der Waals surface area contributed by atoms with Gasteiger partial charge in [0, 0.05) is 24.7 Å². The molecule has 13 heteroatoms. The highest BCUT2D eigenvalue weighted by molar-refractivity contribution is 6.00. The van der Waals surface area contributed by atoms with Crippen LogP contribution in [0.2, 0.25) is 0 Å². The molecule has 0 unspecified atom stereocenters. The molecule has 0 fully saturated rings. The Hall–Kier alpha value is -4.00. The summed E-state index contributed by atoms with van der Waals surface area (Å²) in [4.78, 5) is 17.5. The highest BCUT2D eigenvalue weighted by Gasteiger charge is 2.34. The maximum atomic E-state index is 14.3. The molecule has 3 aromatic heterocycles. The molecule has 178 valence electrons. The number of aromatic nitrogens is 5. The summed E-state index contributed by atoms with van der Waals surface area (Å²) in [5.41, 5.74) is -1.35. The molecule has 0 aliphatic carbocycles. The van der Waals surface area contributed by atoms with Gasteiger partial charge in [0.25, 0.3) is 5.91 Å². The predicted octanol–water partition coefficient (Wildman–Crippen LogP) is 3.19. The molecule has 0 saturated carbocycles. The number of hydrogen-bond donors (Lipinski definition) is 2. The van der Waals surface area contributed by atoms with E-state index < -0.39 is 35.5 Å². The van der Waals surface area contributed by atoms with E-state index in [0.29, 0.717) is 5.82 Å². The number of nitrogens with one attached hydrogen (secondary N) is 1. The van der Waals surface area contributed by atoms with Crippen LogP contribution in [-0.2, 0) is 0 Å². The summed E-state index contributed by atoms with van der Waals surface area (Å²) in [7, 11) is 0. The molecular formula is C21H18F4N6O3. The Bertz CT molecular complexity index is 1330. The Kier molecular flexibility index (Phi) is 5.73. The van der Waals surface area contributed by atoms with E-state index in [-0.39, 0.29) is 16.8 Å². The second kappa shape index (κ2) is 8.41. The number of aliphatic hydroxyl groups is 1. The van der Waals surface area contributed by atoms with Crippen molar-refractivity contribution in [3.8, 4) is 11.6 Å². The van der Waals surface area contributed by atoms with Crippen LogP contribution in [0.3, 0.4) is 0 Å². The lowest BCUT2D eigenvalue weighted by molar-refractivity contribution is -0.275. The van der Waals surface area contributed by atoms with Gasteiger partial charge in [-0.1, -0.05) is 6.07 Å². The van der Waals surface area contributed by atoms with Crippen LogP contribution >= 0.6 is 0 Å². The first-order valence-corrected chi connectivity index (χ1v) is 9.85. The van der Waals surface area contributed by atoms with Crippen LogP contribution in [0.1, 0.15) is 35.8 Å². The lowest BCUT2D eigenvalue weighted by atomic mass is 9.91. The van der Waals surface area contributed by atoms with Gasteiger partial charge in [-0.15, -0.1) is 13.2 Å². The van der Waals surface area contributed by atoms with Gasteiger partial charge in [-0.2, -0.15) is 10.2 Å². The van der Waals surface area contributed by atoms with Crippen LogP contribution in [0, 0.1) is 5.82 Å². The maximum absolute atomic E-state index is 14.3. The van der Waals surface area contributed by atoms with E-state index in [1.54, 1.807) is 30.7 Å². The standard InChI is InChI=1S/C21H18F4N6O3/c1-20(2,33)17(12-4-5-15(14(22)10-12)34-21(23,24)25)29-19(32)13-11-27-31-9-6-16(28-18(13)31)30-8-3-7-26-30/h3-11,17,33H,1-2H3,(H,29,32)/t17-/m0/s1. The smallest absolute Gasteiger partial charge is 0.403 e. The van der Waals surface area contributed by atoms with Gasteiger partial charge in [0.2, 0.25) is 0 Å². The summed E-state index contributed by atoms with van der Waals surface area (Å²) in [6.07, 6.45) is 1.01. The Morgan fingerprint density at radius 3 is 2.56 bits per heavy atom. The van der Waals surface area contributed by atoms with Gasteiger partial charge >= 0.3 is 6.36 Å².